The molecule has 130 valence electrons. The van der Waals surface area contributed by atoms with Gasteiger partial charge in [0, 0.05) is 26.6 Å². The highest BCUT2D eigenvalue weighted by Crippen LogP contribution is 2.28. The molecule has 0 radical (unpaired) electrons. The second kappa shape index (κ2) is 7.80. The van der Waals surface area contributed by atoms with Gasteiger partial charge < -0.3 is 15.2 Å². The number of guanidine groups is 1. The van der Waals surface area contributed by atoms with Crippen molar-refractivity contribution in [2.45, 2.75) is 26.1 Å². The number of hydrogen-bond donors (Lipinski definition) is 2. The number of aromatic nitrogens is 2. The smallest absolute Gasteiger partial charge is 0.356 e. The summed E-state index contributed by atoms with van der Waals surface area (Å²) in [7, 11) is 1.61. The van der Waals surface area contributed by atoms with Gasteiger partial charge in [-0.2, -0.15) is 18.2 Å². The summed E-state index contributed by atoms with van der Waals surface area (Å²) < 4.78 is 42.5. The highest BCUT2D eigenvalue weighted by Gasteiger charge is 2.29. The number of rotatable bonds is 5. The van der Waals surface area contributed by atoms with Gasteiger partial charge in [0.25, 0.3) is 0 Å². The molecule has 24 heavy (non-hydrogen) atoms. The van der Waals surface area contributed by atoms with Crippen LogP contribution in [0, 0.1) is 6.92 Å². The zero-order chi connectivity index (χ0) is 17.6. The molecule has 2 rings (SSSR count). The minimum absolute atomic E-state index is 0.359. The van der Waals surface area contributed by atoms with Gasteiger partial charge in [-0.05, 0) is 24.6 Å². The highest BCUT2D eigenvalue weighted by molar-refractivity contribution is 5.79. The quantitative estimate of drug-likeness (QED) is 0.645. The van der Waals surface area contributed by atoms with E-state index >= 15 is 0 Å². The lowest BCUT2D eigenvalue weighted by molar-refractivity contribution is -0.137. The van der Waals surface area contributed by atoms with Crippen LogP contribution in [-0.2, 0) is 19.1 Å². The Kier molecular flexibility index (Phi) is 5.78. The van der Waals surface area contributed by atoms with E-state index in [0.29, 0.717) is 37.2 Å². The van der Waals surface area contributed by atoms with Crippen LogP contribution in [0.4, 0.5) is 13.2 Å². The maximum absolute atomic E-state index is 12.5. The molecule has 2 aromatic rings. The van der Waals surface area contributed by atoms with E-state index in [0.717, 1.165) is 17.7 Å². The van der Waals surface area contributed by atoms with Gasteiger partial charge in [-0.1, -0.05) is 17.3 Å². The van der Waals surface area contributed by atoms with Crippen LogP contribution in [0.15, 0.2) is 33.8 Å². The summed E-state index contributed by atoms with van der Waals surface area (Å²) >= 11 is 0. The number of nitrogens with one attached hydrogen (secondary N) is 2. The number of alkyl halides is 3. The molecule has 6 nitrogen and oxygen atoms in total. The second-order valence-corrected chi connectivity index (χ2v) is 5.03. The fraction of sp³-hybridized carbons (Fsp3) is 0.400. The number of aliphatic imine (C=N–C) groups is 1. The average Bonchev–Trinajstić information content (AvgIpc) is 2.95. The van der Waals surface area contributed by atoms with Crippen molar-refractivity contribution >= 4 is 5.96 Å². The minimum Gasteiger partial charge on any atom is -0.356 e. The first-order valence-corrected chi connectivity index (χ1v) is 7.28. The molecule has 9 heteroatoms. The van der Waals surface area contributed by atoms with Crippen molar-refractivity contribution in [3.05, 3.63) is 47.1 Å². The zero-order valence-electron chi connectivity index (χ0n) is 13.3. The normalized spacial score (nSPS) is 12.3. The van der Waals surface area contributed by atoms with Gasteiger partial charge in [0.1, 0.15) is 0 Å². The van der Waals surface area contributed by atoms with E-state index < -0.39 is 11.7 Å². The third kappa shape index (κ3) is 5.25. The monoisotopic (exact) mass is 341 g/mol. The molecule has 0 amide bonds. The van der Waals surface area contributed by atoms with Gasteiger partial charge >= 0.3 is 6.18 Å². The van der Waals surface area contributed by atoms with E-state index in [9.17, 15) is 13.2 Å². The number of hydrogen-bond acceptors (Lipinski definition) is 4. The predicted molar refractivity (Wildman–Crippen MR) is 82.4 cm³/mol. The fourth-order valence-corrected chi connectivity index (χ4v) is 1.95. The van der Waals surface area contributed by atoms with Crippen molar-refractivity contribution in [2.24, 2.45) is 4.99 Å². The Bertz CT molecular complexity index is 679. The molecule has 0 saturated heterocycles. The lowest BCUT2D eigenvalue weighted by Gasteiger charge is -2.12. The topological polar surface area (TPSA) is 75.3 Å². The molecule has 2 N–H and O–H groups in total. The average molecular weight is 341 g/mol. The fourth-order valence-electron chi connectivity index (χ4n) is 1.95. The van der Waals surface area contributed by atoms with E-state index in [2.05, 4.69) is 25.8 Å². The van der Waals surface area contributed by atoms with Crippen molar-refractivity contribution in [3.8, 4) is 0 Å². The van der Waals surface area contributed by atoms with Gasteiger partial charge in [-0.15, -0.1) is 0 Å². The molecule has 0 bridgehead atoms. The van der Waals surface area contributed by atoms with E-state index in [1.54, 1.807) is 14.0 Å². The van der Waals surface area contributed by atoms with Crippen LogP contribution in [-0.4, -0.2) is 29.7 Å². The molecule has 0 aliphatic carbocycles. The Morgan fingerprint density at radius 3 is 2.46 bits per heavy atom. The van der Waals surface area contributed by atoms with Crippen molar-refractivity contribution in [1.82, 2.24) is 20.8 Å². The summed E-state index contributed by atoms with van der Waals surface area (Å²) in [6.45, 7) is 2.64. The van der Waals surface area contributed by atoms with Crippen molar-refractivity contribution in [1.29, 1.82) is 0 Å². The first kappa shape index (κ1) is 17.8. The molecule has 1 heterocycles. The molecule has 0 fully saturated rings. The van der Waals surface area contributed by atoms with E-state index in [-0.39, 0.29) is 0 Å². The molecule has 0 aliphatic rings. The summed E-state index contributed by atoms with van der Waals surface area (Å²) in [6.07, 6.45) is -3.78. The lowest BCUT2D eigenvalue weighted by Crippen LogP contribution is -2.37. The molecule has 0 saturated carbocycles. The SMILES string of the molecule is CN=C(NCCc1nc(C)no1)NCc1ccc(C(F)(F)F)cc1. The minimum atomic E-state index is -4.32. The van der Waals surface area contributed by atoms with Crippen LogP contribution < -0.4 is 10.6 Å². The molecule has 0 spiro atoms. The van der Waals surface area contributed by atoms with Gasteiger partial charge in [-0.3, -0.25) is 4.99 Å². The van der Waals surface area contributed by atoms with Crippen LogP contribution in [0.1, 0.15) is 22.8 Å². The van der Waals surface area contributed by atoms with Crippen LogP contribution >= 0.6 is 0 Å². The lowest BCUT2D eigenvalue weighted by atomic mass is 10.1. The molecule has 1 aromatic heterocycles. The Morgan fingerprint density at radius 2 is 1.92 bits per heavy atom. The molecule has 0 aliphatic heterocycles. The molecular formula is C15H18F3N5O. The molecular weight excluding hydrogens is 323 g/mol. The first-order valence-electron chi connectivity index (χ1n) is 7.28. The van der Waals surface area contributed by atoms with Crippen LogP contribution in [0.25, 0.3) is 0 Å². The van der Waals surface area contributed by atoms with Crippen LogP contribution in [0.2, 0.25) is 0 Å². The van der Waals surface area contributed by atoms with Crippen LogP contribution in [0.5, 0.6) is 0 Å². The summed E-state index contributed by atoms with van der Waals surface area (Å²) in [5, 5.41) is 9.79. The number of benzene rings is 1. The van der Waals surface area contributed by atoms with Gasteiger partial charge in [0.05, 0.1) is 5.56 Å². The molecule has 0 atom stereocenters. The Labute approximate surface area is 137 Å². The van der Waals surface area contributed by atoms with Crippen molar-refractivity contribution in [3.63, 3.8) is 0 Å². The summed E-state index contributed by atoms with van der Waals surface area (Å²) in [4.78, 5) is 8.13. The largest absolute Gasteiger partial charge is 0.416 e. The maximum Gasteiger partial charge on any atom is 0.416 e. The van der Waals surface area contributed by atoms with E-state index in [4.69, 9.17) is 4.52 Å². The highest BCUT2D eigenvalue weighted by atomic mass is 19.4. The Hall–Kier alpha value is -2.58. The summed E-state index contributed by atoms with van der Waals surface area (Å²) in [5.41, 5.74) is 0.0575. The third-order valence-corrected chi connectivity index (χ3v) is 3.17. The number of nitrogens with zero attached hydrogens (tertiary/aromatic N) is 3. The molecule has 1 aromatic carbocycles. The van der Waals surface area contributed by atoms with Crippen molar-refractivity contribution < 1.29 is 17.7 Å². The van der Waals surface area contributed by atoms with Crippen LogP contribution in [0.3, 0.4) is 0 Å². The predicted octanol–water partition coefficient (Wildman–Crippen LogP) is 2.30. The maximum atomic E-state index is 12.5. The Morgan fingerprint density at radius 1 is 1.21 bits per heavy atom. The summed E-state index contributed by atoms with van der Waals surface area (Å²) in [6, 6.07) is 4.99. The Balaban J connectivity index is 1.78. The number of aryl methyl sites for hydroxylation is 1. The third-order valence-electron chi connectivity index (χ3n) is 3.17. The standard InChI is InChI=1S/C15H18F3N5O/c1-10-22-13(24-23-10)7-8-20-14(19-2)21-9-11-3-5-12(6-4-11)15(16,17)18/h3-6H,7-9H2,1-2H3,(H2,19,20,21). The van der Waals surface area contributed by atoms with E-state index in [1.807, 2.05) is 0 Å². The second-order valence-electron chi connectivity index (χ2n) is 5.03. The number of halogens is 3. The molecule has 0 unspecified atom stereocenters. The summed E-state index contributed by atoms with van der Waals surface area (Å²) in [5.74, 6) is 1.64. The zero-order valence-corrected chi connectivity index (χ0v) is 13.3. The van der Waals surface area contributed by atoms with E-state index in [1.165, 1.54) is 12.1 Å². The van der Waals surface area contributed by atoms with Crippen molar-refractivity contribution in [2.75, 3.05) is 13.6 Å². The van der Waals surface area contributed by atoms with Gasteiger partial charge in [0.2, 0.25) is 5.89 Å². The van der Waals surface area contributed by atoms with Gasteiger partial charge in [0.15, 0.2) is 11.8 Å². The van der Waals surface area contributed by atoms with Gasteiger partial charge in [-0.25, -0.2) is 0 Å². The first-order chi connectivity index (χ1) is 11.4.